The third-order valence-electron chi connectivity index (χ3n) is 3.17. The van der Waals surface area contributed by atoms with E-state index < -0.39 is 5.97 Å². The number of hydrogen-bond acceptors (Lipinski definition) is 2. The van der Waals surface area contributed by atoms with Crippen LogP contribution >= 0.6 is 15.9 Å². The van der Waals surface area contributed by atoms with Gasteiger partial charge in [0.05, 0.1) is 0 Å². The Kier molecular flexibility index (Phi) is 3.10. The number of fused-ring (bicyclic) bond motifs is 1. The lowest BCUT2D eigenvalue weighted by atomic mass is 10.0. The average Bonchev–Trinajstić information content (AvgIpc) is 2.78. The van der Waals surface area contributed by atoms with E-state index in [-0.39, 0.29) is 5.76 Å². The van der Waals surface area contributed by atoms with Crippen molar-refractivity contribution >= 4 is 32.7 Å². The van der Waals surface area contributed by atoms with Gasteiger partial charge in [0, 0.05) is 20.8 Å². The van der Waals surface area contributed by atoms with Crippen LogP contribution in [0.3, 0.4) is 0 Å². The van der Waals surface area contributed by atoms with E-state index >= 15 is 0 Å². The molecule has 3 rings (SSSR count). The van der Waals surface area contributed by atoms with Gasteiger partial charge in [-0.1, -0.05) is 39.7 Å². The fourth-order valence-electron chi connectivity index (χ4n) is 2.23. The van der Waals surface area contributed by atoms with Gasteiger partial charge < -0.3 is 9.52 Å². The van der Waals surface area contributed by atoms with Crippen LogP contribution in [0.4, 0.5) is 0 Å². The highest BCUT2D eigenvalue weighted by Gasteiger charge is 2.19. The van der Waals surface area contributed by atoms with E-state index in [9.17, 15) is 9.90 Å². The normalized spacial score (nSPS) is 10.9. The molecule has 0 saturated carbocycles. The smallest absolute Gasteiger partial charge is 0.372 e. The highest BCUT2D eigenvalue weighted by molar-refractivity contribution is 9.10. The monoisotopic (exact) mass is 330 g/mol. The maximum absolute atomic E-state index is 11.3. The molecular weight excluding hydrogens is 320 g/mol. The first-order valence-corrected chi connectivity index (χ1v) is 6.88. The molecular formula is C16H11BrO3. The summed E-state index contributed by atoms with van der Waals surface area (Å²) in [4.78, 5) is 11.3. The van der Waals surface area contributed by atoms with Crippen LogP contribution in [-0.2, 0) is 0 Å². The molecule has 0 aliphatic rings. The Hall–Kier alpha value is -2.07. The summed E-state index contributed by atoms with van der Waals surface area (Å²) in [6.07, 6.45) is 0. The first-order chi connectivity index (χ1) is 9.56. The largest absolute Gasteiger partial charge is 0.475 e. The van der Waals surface area contributed by atoms with E-state index in [0.29, 0.717) is 11.1 Å². The lowest BCUT2D eigenvalue weighted by Crippen LogP contribution is -1.93. The molecule has 1 heterocycles. The van der Waals surface area contributed by atoms with Crippen LogP contribution in [0.2, 0.25) is 0 Å². The SMILES string of the molecule is Cc1ccc2c(C(=O)O)oc(-c3ccc(Br)cc3)c2c1. The molecule has 0 bridgehead atoms. The first-order valence-electron chi connectivity index (χ1n) is 6.08. The second-order valence-corrected chi connectivity index (χ2v) is 5.54. The zero-order valence-corrected chi connectivity index (χ0v) is 12.3. The lowest BCUT2D eigenvalue weighted by Gasteiger charge is -1.99. The highest BCUT2D eigenvalue weighted by atomic mass is 79.9. The molecule has 0 saturated heterocycles. The summed E-state index contributed by atoms with van der Waals surface area (Å²) in [5, 5.41) is 10.7. The molecule has 1 N–H and O–H groups in total. The molecule has 3 aromatic rings. The Bertz CT molecular complexity index is 800. The Balaban J connectivity index is 2.32. The Morgan fingerprint density at radius 2 is 1.80 bits per heavy atom. The summed E-state index contributed by atoms with van der Waals surface area (Å²) in [7, 11) is 0. The number of halogens is 1. The summed E-state index contributed by atoms with van der Waals surface area (Å²) >= 11 is 3.38. The molecule has 3 nitrogen and oxygen atoms in total. The van der Waals surface area contributed by atoms with Crippen molar-refractivity contribution in [2.75, 3.05) is 0 Å². The van der Waals surface area contributed by atoms with Crippen LogP contribution < -0.4 is 0 Å². The van der Waals surface area contributed by atoms with Crippen molar-refractivity contribution < 1.29 is 14.3 Å². The topological polar surface area (TPSA) is 50.4 Å². The molecule has 2 aromatic carbocycles. The zero-order chi connectivity index (χ0) is 14.3. The van der Waals surface area contributed by atoms with Gasteiger partial charge in [0.15, 0.2) is 0 Å². The second kappa shape index (κ2) is 4.80. The molecule has 0 aliphatic carbocycles. The van der Waals surface area contributed by atoms with Crippen LogP contribution in [0.5, 0.6) is 0 Å². The van der Waals surface area contributed by atoms with Gasteiger partial charge in [-0.2, -0.15) is 0 Å². The van der Waals surface area contributed by atoms with Crippen molar-refractivity contribution in [2.24, 2.45) is 0 Å². The fourth-order valence-corrected chi connectivity index (χ4v) is 2.49. The molecule has 0 unspecified atom stereocenters. The maximum atomic E-state index is 11.3. The molecule has 0 fully saturated rings. The van der Waals surface area contributed by atoms with E-state index in [0.717, 1.165) is 21.0 Å². The van der Waals surface area contributed by atoms with E-state index in [2.05, 4.69) is 15.9 Å². The number of furan rings is 1. The predicted octanol–water partition coefficient (Wildman–Crippen LogP) is 4.87. The first kappa shape index (κ1) is 12.9. The van der Waals surface area contributed by atoms with Gasteiger partial charge in [0.2, 0.25) is 5.76 Å². The Morgan fingerprint density at radius 3 is 2.45 bits per heavy atom. The molecule has 4 heteroatoms. The summed E-state index contributed by atoms with van der Waals surface area (Å²) in [5.41, 5.74) is 1.92. The third kappa shape index (κ3) is 2.12. The minimum Gasteiger partial charge on any atom is -0.475 e. The van der Waals surface area contributed by atoms with Crippen LogP contribution in [0.1, 0.15) is 16.1 Å². The number of hydrogen-bond donors (Lipinski definition) is 1. The van der Waals surface area contributed by atoms with Gasteiger partial charge in [-0.15, -0.1) is 0 Å². The molecule has 0 aliphatic heterocycles. The van der Waals surface area contributed by atoms with Gasteiger partial charge in [0.1, 0.15) is 5.76 Å². The molecule has 0 radical (unpaired) electrons. The van der Waals surface area contributed by atoms with Crippen molar-refractivity contribution in [2.45, 2.75) is 6.92 Å². The van der Waals surface area contributed by atoms with Crippen molar-refractivity contribution in [1.29, 1.82) is 0 Å². The average molecular weight is 331 g/mol. The number of carboxylic acids is 1. The van der Waals surface area contributed by atoms with Crippen LogP contribution in [-0.4, -0.2) is 11.1 Å². The number of aromatic carboxylic acids is 1. The van der Waals surface area contributed by atoms with E-state index in [4.69, 9.17) is 4.42 Å². The van der Waals surface area contributed by atoms with Gasteiger partial charge in [-0.3, -0.25) is 0 Å². The van der Waals surface area contributed by atoms with Gasteiger partial charge in [-0.05, 0) is 31.2 Å². The molecule has 1 aromatic heterocycles. The Morgan fingerprint density at radius 1 is 1.10 bits per heavy atom. The van der Waals surface area contributed by atoms with Crippen molar-refractivity contribution in [3.8, 4) is 11.3 Å². The summed E-state index contributed by atoms with van der Waals surface area (Å²) < 4.78 is 6.56. The molecule has 0 amide bonds. The number of rotatable bonds is 2. The molecule has 0 atom stereocenters. The molecule has 0 spiro atoms. The Labute approximate surface area is 124 Å². The molecule has 20 heavy (non-hydrogen) atoms. The number of aryl methyl sites for hydroxylation is 1. The van der Waals surface area contributed by atoms with E-state index in [1.165, 1.54) is 0 Å². The van der Waals surface area contributed by atoms with Gasteiger partial charge in [0.25, 0.3) is 0 Å². The third-order valence-corrected chi connectivity index (χ3v) is 3.70. The van der Waals surface area contributed by atoms with Crippen molar-refractivity contribution in [3.63, 3.8) is 0 Å². The minimum atomic E-state index is -1.05. The van der Waals surface area contributed by atoms with E-state index in [1.807, 2.05) is 43.3 Å². The summed E-state index contributed by atoms with van der Waals surface area (Å²) in [5.74, 6) is -0.478. The van der Waals surface area contributed by atoms with Crippen LogP contribution in [0, 0.1) is 6.92 Å². The zero-order valence-electron chi connectivity index (χ0n) is 10.7. The van der Waals surface area contributed by atoms with Gasteiger partial charge >= 0.3 is 5.97 Å². The fraction of sp³-hybridized carbons (Fsp3) is 0.0625. The second-order valence-electron chi connectivity index (χ2n) is 4.62. The summed E-state index contributed by atoms with van der Waals surface area (Å²) in [6, 6.07) is 13.2. The van der Waals surface area contributed by atoms with Gasteiger partial charge in [-0.25, -0.2) is 4.79 Å². The van der Waals surface area contributed by atoms with E-state index in [1.54, 1.807) is 6.07 Å². The quantitative estimate of drug-likeness (QED) is 0.729. The lowest BCUT2D eigenvalue weighted by molar-refractivity contribution is 0.0666. The molecule has 100 valence electrons. The number of carboxylic acid groups (broad SMARTS) is 1. The predicted molar refractivity (Wildman–Crippen MR) is 81.0 cm³/mol. The number of carbonyl (C=O) groups is 1. The summed E-state index contributed by atoms with van der Waals surface area (Å²) in [6.45, 7) is 1.97. The highest BCUT2D eigenvalue weighted by Crippen LogP contribution is 2.35. The van der Waals surface area contributed by atoms with Crippen LogP contribution in [0.15, 0.2) is 51.4 Å². The van der Waals surface area contributed by atoms with Crippen molar-refractivity contribution in [3.05, 3.63) is 58.3 Å². The minimum absolute atomic E-state index is 0.0158. The van der Waals surface area contributed by atoms with Crippen molar-refractivity contribution in [1.82, 2.24) is 0 Å². The standard InChI is InChI=1S/C16H11BrO3/c1-9-2-7-12-13(8-9)14(20-15(12)16(18)19)10-3-5-11(17)6-4-10/h2-8H,1H3,(H,18,19). The van der Waals surface area contributed by atoms with Crippen LogP contribution in [0.25, 0.3) is 22.1 Å². The number of benzene rings is 2. The maximum Gasteiger partial charge on any atom is 0.372 e.